The molecule has 2 aromatic carbocycles. The minimum Gasteiger partial charge on any atom is -0.497 e. The molecule has 0 heterocycles. The maximum Gasteiger partial charge on any atom is 0.244 e. The van der Waals surface area contributed by atoms with Crippen molar-refractivity contribution in [3.05, 3.63) is 52.6 Å². The average molecular weight is 406 g/mol. The molecule has 0 saturated carbocycles. The van der Waals surface area contributed by atoms with Crippen molar-refractivity contribution in [2.45, 2.75) is 43.6 Å². The molecule has 28 heavy (non-hydrogen) atoms. The Bertz CT molecular complexity index is 987. The van der Waals surface area contributed by atoms with Crippen molar-refractivity contribution in [1.82, 2.24) is 4.72 Å². The molecule has 1 aliphatic carbocycles. The number of rotatable bonds is 6. The van der Waals surface area contributed by atoms with E-state index < -0.39 is 15.6 Å². The highest BCUT2D eigenvalue weighted by Gasteiger charge is 2.36. The predicted octanol–water partition coefficient (Wildman–Crippen LogP) is 2.82. The van der Waals surface area contributed by atoms with Crippen LogP contribution in [0.2, 0.25) is 0 Å². The molecule has 0 amide bonds. The zero-order valence-electron chi connectivity index (χ0n) is 16.7. The van der Waals surface area contributed by atoms with Gasteiger partial charge in [-0.1, -0.05) is 6.07 Å². The zero-order valence-corrected chi connectivity index (χ0v) is 17.5. The van der Waals surface area contributed by atoms with Gasteiger partial charge < -0.3 is 14.6 Å². The summed E-state index contributed by atoms with van der Waals surface area (Å²) in [5.41, 5.74) is 2.27. The van der Waals surface area contributed by atoms with E-state index in [0.717, 1.165) is 40.8 Å². The van der Waals surface area contributed by atoms with Crippen LogP contribution >= 0.6 is 0 Å². The molecule has 7 heteroatoms. The average Bonchev–Trinajstić information content (AvgIpc) is 2.68. The van der Waals surface area contributed by atoms with Gasteiger partial charge in [-0.2, -0.15) is 0 Å². The lowest BCUT2D eigenvalue weighted by molar-refractivity contribution is 0.0242. The summed E-state index contributed by atoms with van der Waals surface area (Å²) in [5.74, 6) is 1.01. The van der Waals surface area contributed by atoms with Crippen LogP contribution in [-0.4, -0.2) is 34.3 Å². The highest BCUT2D eigenvalue weighted by molar-refractivity contribution is 7.89. The lowest BCUT2D eigenvalue weighted by atomic mass is 9.79. The van der Waals surface area contributed by atoms with Crippen LogP contribution in [0.25, 0.3) is 0 Å². The number of sulfonamides is 1. The van der Waals surface area contributed by atoms with E-state index in [1.54, 1.807) is 25.3 Å². The van der Waals surface area contributed by atoms with Crippen LogP contribution in [0.5, 0.6) is 11.5 Å². The second-order valence-electron chi connectivity index (χ2n) is 7.32. The maximum atomic E-state index is 13.0. The van der Waals surface area contributed by atoms with E-state index >= 15 is 0 Å². The Kier molecular flexibility index (Phi) is 5.70. The fraction of sp³-hybridized carbons (Fsp3) is 0.429. The van der Waals surface area contributed by atoms with Crippen molar-refractivity contribution < 1.29 is 23.0 Å². The molecule has 0 spiro atoms. The minimum absolute atomic E-state index is 0.0764. The fourth-order valence-electron chi connectivity index (χ4n) is 3.67. The second-order valence-corrected chi connectivity index (χ2v) is 9.06. The Labute approximate surface area is 166 Å². The van der Waals surface area contributed by atoms with Gasteiger partial charge in [0.1, 0.15) is 22.0 Å². The van der Waals surface area contributed by atoms with Gasteiger partial charge >= 0.3 is 0 Å². The summed E-state index contributed by atoms with van der Waals surface area (Å²) >= 11 is 0. The first kappa shape index (κ1) is 20.6. The van der Waals surface area contributed by atoms with Gasteiger partial charge in [-0.15, -0.1) is 0 Å². The Hall–Kier alpha value is -2.09. The molecule has 1 aliphatic rings. The normalized spacial score (nSPS) is 19.2. The lowest BCUT2D eigenvalue weighted by Crippen LogP contribution is -2.43. The Balaban J connectivity index is 1.89. The number of methoxy groups -OCH3 is 2. The molecular formula is C21H27NO5S. The van der Waals surface area contributed by atoms with E-state index in [2.05, 4.69) is 4.72 Å². The Morgan fingerprint density at radius 2 is 1.82 bits per heavy atom. The number of benzene rings is 2. The third-order valence-electron chi connectivity index (χ3n) is 5.47. The quantitative estimate of drug-likeness (QED) is 0.772. The number of aryl methyl sites for hydroxylation is 3. The van der Waals surface area contributed by atoms with Crippen molar-refractivity contribution in [3.63, 3.8) is 0 Å². The van der Waals surface area contributed by atoms with Crippen molar-refractivity contribution in [2.75, 3.05) is 20.8 Å². The van der Waals surface area contributed by atoms with E-state index in [9.17, 15) is 13.5 Å². The van der Waals surface area contributed by atoms with Gasteiger partial charge in [0.2, 0.25) is 10.0 Å². The molecule has 6 nitrogen and oxygen atoms in total. The highest BCUT2D eigenvalue weighted by atomic mass is 32.2. The van der Waals surface area contributed by atoms with Crippen molar-refractivity contribution in [2.24, 2.45) is 0 Å². The lowest BCUT2D eigenvalue weighted by Gasteiger charge is -2.35. The number of aliphatic hydroxyl groups is 1. The highest BCUT2D eigenvalue weighted by Crippen LogP contribution is 2.37. The van der Waals surface area contributed by atoms with Gasteiger partial charge in [-0.05, 0) is 79.6 Å². The minimum atomic E-state index is -3.85. The molecule has 0 aromatic heterocycles. The topological polar surface area (TPSA) is 84.9 Å². The molecule has 0 saturated heterocycles. The smallest absolute Gasteiger partial charge is 0.244 e. The van der Waals surface area contributed by atoms with Crippen LogP contribution in [0, 0.1) is 13.8 Å². The van der Waals surface area contributed by atoms with E-state index in [1.807, 2.05) is 26.0 Å². The van der Waals surface area contributed by atoms with E-state index in [1.165, 1.54) is 7.11 Å². The number of nitrogens with one attached hydrogen (secondary N) is 1. The zero-order chi connectivity index (χ0) is 20.5. The molecule has 2 N–H and O–H groups in total. The van der Waals surface area contributed by atoms with E-state index in [-0.39, 0.29) is 17.2 Å². The molecule has 0 radical (unpaired) electrons. The van der Waals surface area contributed by atoms with Crippen molar-refractivity contribution >= 4 is 10.0 Å². The van der Waals surface area contributed by atoms with Crippen LogP contribution in [0.4, 0.5) is 0 Å². The summed E-state index contributed by atoms with van der Waals surface area (Å²) in [6, 6.07) is 8.82. The standard InChI is InChI=1S/C21H27NO5S/c1-14-10-19(27-4)20(11-15(14)2)28(24,25)22-13-21(23)9-5-6-16-12-17(26-3)7-8-18(16)21/h7-8,10-12,22-23H,5-6,9,13H2,1-4H3. The summed E-state index contributed by atoms with van der Waals surface area (Å²) in [7, 11) is -0.810. The van der Waals surface area contributed by atoms with Gasteiger partial charge in [-0.3, -0.25) is 0 Å². The summed E-state index contributed by atoms with van der Waals surface area (Å²) < 4.78 is 39.0. The first-order valence-corrected chi connectivity index (χ1v) is 10.7. The predicted molar refractivity (Wildman–Crippen MR) is 107 cm³/mol. The summed E-state index contributed by atoms with van der Waals surface area (Å²) in [6.45, 7) is 3.65. The van der Waals surface area contributed by atoms with Gasteiger partial charge in [0.05, 0.1) is 14.2 Å². The summed E-state index contributed by atoms with van der Waals surface area (Å²) in [4.78, 5) is 0.0764. The van der Waals surface area contributed by atoms with Gasteiger partial charge in [0.25, 0.3) is 0 Å². The first-order chi connectivity index (χ1) is 13.2. The van der Waals surface area contributed by atoms with Gasteiger partial charge in [0.15, 0.2) is 0 Å². The molecule has 0 bridgehead atoms. The molecular weight excluding hydrogens is 378 g/mol. The van der Waals surface area contributed by atoms with Crippen LogP contribution in [0.15, 0.2) is 35.2 Å². The fourth-order valence-corrected chi connectivity index (χ4v) is 5.00. The number of fused-ring (bicyclic) bond motifs is 1. The third kappa shape index (κ3) is 3.87. The number of ether oxygens (including phenoxy) is 2. The van der Waals surface area contributed by atoms with Crippen molar-refractivity contribution in [3.8, 4) is 11.5 Å². The molecule has 3 rings (SSSR count). The Morgan fingerprint density at radius 1 is 1.11 bits per heavy atom. The van der Waals surface area contributed by atoms with Crippen LogP contribution in [0.3, 0.4) is 0 Å². The van der Waals surface area contributed by atoms with Crippen molar-refractivity contribution in [1.29, 1.82) is 0 Å². The first-order valence-electron chi connectivity index (χ1n) is 9.25. The van der Waals surface area contributed by atoms with Gasteiger partial charge in [-0.25, -0.2) is 13.1 Å². The Morgan fingerprint density at radius 3 is 2.50 bits per heavy atom. The summed E-state index contributed by atoms with van der Waals surface area (Å²) in [6.07, 6.45) is 2.08. The molecule has 0 aliphatic heterocycles. The summed E-state index contributed by atoms with van der Waals surface area (Å²) in [5, 5.41) is 11.2. The van der Waals surface area contributed by atoms with Crippen LogP contribution in [-0.2, 0) is 22.0 Å². The number of hydrogen-bond acceptors (Lipinski definition) is 5. The third-order valence-corrected chi connectivity index (χ3v) is 6.90. The van der Waals surface area contributed by atoms with Crippen LogP contribution in [0.1, 0.15) is 35.1 Å². The van der Waals surface area contributed by atoms with E-state index in [4.69, 9.17) is 9.47 Å². The second kappa shape index (κ2) is 7.73. The van der Waals surface area contributed by atoms with E-state index in [0.29, 0.717) is 6.42 Å². The molecule has 2 aromatic rings. The number of hydrogen-bond donors (Lipinski definition) is 2. The molecule has 152 valence electrons. The van der Waals surface area contributed by atoms with Gasteiger partial charge in [0, 0.05) is 6.54 Å². The molecule has 0 fully saturated rings. The largest absolute Gasteiger partial charge is 0.497 e. The SMILES string of the molecule is COc1ccc2c(c1)CCCC2(O)CNS(=O)(=O)c1cc(C)c(C)cc1OC. The van der Waals surface area contributed by atoms with Crippen LogP contribution < -0.4 is 14.2 Å². The molecule has 1 atom stereocenters. The monoisotopic (exact) mass is 405 g/mol. The molecule has 1 unspecified atom stereocenters. The maximum absolute atomic E-state index is 13.0.